The van der Waals surface area contributed by atoms with Gasteiger partial charge in [0.1, 0.15) is 10.7 Å². The number of nitrogens with two attached hydrogens (primary N) is 1. The van der Waals surface area contributed by atoms with E-state index < -0.39 is 10.0 Å². The van der Waals surface area contributed by atoms with E-state index in [0.29, 0.717) is 5.92 Å². The standard InChI is InChI=1S/C11H20N4O2S/c1-8-4-3-5-9(6-8)15(2)18(16,17)10-7-13-14-11(10)12/h7-9H,3-6H2,1-2H3,(H3,12,13,14). The zero-order chi connectivity index (χ0) is 13.3. The number of H-pyrrole nitrogens is 1. The van der Waals surface area contributed by atoms with Crippen LogP contribution in [0.1, 0.15) is 32.6 Å². The summed E-state index contributed by atoms with van der Waals surface area (Å²) in [4.78, 5) is 0.0724. The number of aromatic nitrogens is 2. The van der Waals surface area contributed by atoms with Crippen LogP contribution in [-0.2, 0) is 10.0 Å². The Hall–Kier alpha value is -1.08. The molecule has 0 aromatic carbocycles. The molecular formula is C11H20N4O2S. The second-order valence-electron chi connectivity index (χ2n) is 5.09. The number of hydrogen-bond acceptors (Lipinski definition) is 4. The van der Waals surface area contributed by atoms with E-state index in [1.165, 1.54) is 16.9 Å². The Bertz CT molecular complexity index is 511. The Kier molecular flexibility index (Phi) is 3.63. The van der Waals surface area contributed by atoms with Gasteiger partial charge in [0.25, 0.3) is 0 Å². The number of nitrogen functional groups attached to an aromatic ring is 1. The minimum atomic E-state index is -3.53. The Morgan fingerprint density at radius 3 is 2.78 bits per heavy atom. The highest BCUT2D eigenvalue weighted by Gasteiger charge is 2.32. The molecule has 1 heterocycles. The van der Waals surface area contributed by atoms with E-state index in [2.05, 4.69) is 17.1 Å². The van der Waals surface area contributed by atoms with Crippen molar-refractivity contribution in [2.75, 3.05) is 12.8 Å². The Morgan fingerprint density at radius 1 is 1.50 bits per heavy atom. The van der Waals surface area contributed by atoms with Gasteiger partial charge in [-0.3, -0.25) is 5.10 Å². The third kappa shape index (κ3) is 2.37. The van der Waals surface area contributed by atoms with Crippen molar-refractivity contribution in [1.29, 1.82) is 0 Å². The molecule has 3 N–H and O–H groups in total. The number of nitrogens with one attached hydrogen (secondary N) is 1. The maximum atomic E-state index is 12.4. The van der Waals surface area contributed by atoms with E-state index in [4.69, 9.17) is 5.73 Å². The van der Waals surface area contributed by atoms with Crippen LogP contribution in [0, 0.1) is 5.92 Å². The van der Waals surface area contributed by atoms with E-state index in [1.807, 2.05) is 0 Å². The summed E-state index contributed by atoms with van der Waals surface area (Å²) in [6.45, 7) is 2.17. The molecule has 2 atom stereocenters. The lowest BCUT2D eigenvalue weighted by molar-refractivity contribution is 0.239. The van der Waals surface area contributed by atoms with Gasteiger partial charge in [-0.15, -0.1) is 0 Å². The second kappa shape index (κ2) is 4.89. The first-order valence-corrected chi connectivity index (χ1v) is 7.64. The maximum Gasteiger partial charge on any atom is 0.248 e. The number of rotatable bonds is 3. The van der Waals surface area contributed by atoms with E-state index in [1.54, 1.807) is 7.05 Å². The molecule has 2 unspecified atom stereocenters. The van der Waals surface area contributed by atoms with Crippen molar-refractivity contribution in [2.24, 2.45) is 5.92 Å². The van der Waals surface area contributed by atoms with Crippen molar-refractivity contribution in [3.05, 3.63) is 6.20 Å². The van der Waals surface area contributed by atoms with Gasteiger partial charge in [-0.05, 0) is 18.8 Å². The highest BCUT2D eigenvalue weighted by atomic mass is 32.2. The van der Waals surface area contributed by atoms with Gasteiger partial charge in [0, 0.05) is 13.1 Å². The Balaban J connectivity index is 2.22. The lowest BCUT2D eigenvalue weighted by Gasteiger charge is -2.33. The zero-order valence-electron chi connectivity index (χ0n) is 10.8. The molecule has 2 rings (SSSR count). The first kappa shape index (κ1) is 13.4. The Labute approximate surface area is 108 Å². The summed E-state index contributed by atoms with van der Waals surface area (Å²) in [7, 11) is -1.91. The third-order valence-corrected chi connectivity index (χ3v) is 5.65. The zero-order valence-corrected chi connectivity index (χ0v) is 11.6. The molecule has 0 bridgehead atoms. The molecule has 0 spiro atoms. The SMILES string of the molecule is CC1CCCC(N(C)S(=O)(=O)c2cn[nH]c2N)C1. The molecular weight excluding hydrogens is 252 g/mol. The number of aromatic amines is 1. The molecule has 6 nitrogen and oxygen atoms in total. The van der Waals surface area contributed by atoms with E-state index >= 15 is 0 Å². The van der Waals surface area contributed by atoms with Crippen LogP contribution in [0.2, 0.25) is 0 Å². The molecule has 1 aliphatic rings. The van der Waals surface area contributed by atoms with Crippen LogP contribution >= 0.6 is 0 Å². The lowest BCUT2D eigenvalue weighted by atomic mass is 9.87. The van der Waals surface area contributed by atoms with Gasteiger partial charge >= 0.3 is 0 Å². The second-order valence-corrected chi connectivity index (χ2v) is 7.06. The van der Waals surface area contributed by atoms with E-state index in [-0.39, 0.29) is 16.8 Å². The molecule has 0 radical (unpaired) electrons. The third-order valence-electron chi connectivity index (χ3n) is 3.71. The summed E-state index contributed by atoms with van der Waals surface area (Å²) < 4.78 is 26.3. The molecule has 7 heteroatoms. The molecule has 0 amide bonds. The van der Waals surface area contributed by atoms with E-state index in [0.717, 1.165) is 19.3 Å². The summed E-state index contributed by atoms with van der Waals surface area (Å²) in [5.74, 6) is 0.675. The minimum Gasteiger partial charge on any atom is -0.383 e. The van der Waals surface area contributed by atoms with Crippen LogP contribution in [0.5, 0.6) is 0 Å². The normalized spacial score (nSPS) is 25.5. The molecule has 1 aromatic rings. The van der Waals surface area contributed by atoms with Crippen molar-refractivity contribution in [1.82, 2.24) is 14.5 Å². The smallest absolute Gasteiger partial charge is 0.248 e. The number of anilines is 1. The van der Waals surface area contributed by atoms with Crippen LogP contribution in [0.4, 0.5) is 5.82 Å². The van der Waals surface area contributed by atoms with Crippen LogP contribution in [0.15, 0.2) is 11.1 Å². The number of hydrogen-bond donors (Lipinski definition) is 2. The average Bonchev–Trinajstić information content (AvgIpc) is 2.75. The molecule has 1 saturated carbocycles. The number of nitrogens with zero attached hydrogens (tertiary/aromatic N) is 2. The minimum absolute atomic E-state index is 0.0630. The molecule has 0 aliphatic heterocycles. The van der Waals surface area contributed by atoms with Gasteiger partial charge in [0.2, 0.25) is 10.0 Å². The van der Waals surface area contributed by atoms with Gasteiger partial charge in [-0.25, -0.2) is 8.42 Å². The van der Waals surface area contributed by atoms with Crippen LogP contribution in [-0.4, -0.2) is 36.0 Å². The van der Waals surface area contributed by atoms with Crippen molar-refractivity contribution in [3.8, 4) is 0 Å². The van der Waals surface area contributed by atoms with Gasteiger partial charge in [-0.2, -0.15) is 9.40 Å². The monoisotopic (exact) mass is 272 g/mol. The summed E-state index contributed by atoms with van der Waals surface area (Å²) in [5.41, 5.74) is 5.60. The van der Waals surface area contributed by atoms with Crippen molar-refractivity contribution < 1.29 is 8.42 Å². The first-order valence-electron chi connectivity index (χ1n) is 6.19. The summed E-state index contributed by atoms with van der Waals surface area (Å²) >= 11 is 0. The highest BCUT2D eigenvalue weighted by Crippen LogP contribution is 2.30. The van der Waals surface area contributed by atoms with Gasteiger partial charge < -0.3 is 5.73 Å². The predicted octanol–water partition coefficient (Wildman–Crippen LogP) is 1.19. The largest absolute Gasteiger partial charge is 0.383 e. The summed E-state index contributed by atoms with van der Waals surface area (Å²) in [6.07, 6.45) is 5.35. The fourth-order valence-corrected chi connectivity index (χ4v) is 3.98. The average molecular weight is 272 g/mol. The maximum absolute atomic E-state index is 12.4. The van der Waals surface area contributed by atoms with Crippen LogP contribution < -0.4 is 5.73 Å². The lowest BCUT2D eigenvalue weighted by Crippen LogP contribution is -2.39. The molecule has 1 aliphatic carbocycles. The van der Waals surface area contributed by atoms with E-state index in [9.17, 15) is 8.42 Å². The number of sulfonamides is 1. The fraction of sp³-hybridized carbons (Fsp3) is 0.727. The molecule has 1 fully saturated rings. The molecule has 1 aromatic heterocycles. The van der Waals surface area contributed by atoms with Crippen molar-refractivity contribution in [3.63, 3.8) is 0 Å². The van der Waals surface area contributed by atoms with Crippen LogP contribution in [0.3, 0.4) is 0 Å². The first-order chi connectivity index (χ1) is 8.43. The Morgan fingerprint density at radius 2 is 2.22 bits per heavy atom. The van der Waals surface area contributed by atoms with Gasteiger partial charge in [0.05, 0.1) is 6.20 Å². The van der Waals surface area contributed by atoms with Gasteiger partial charge in [0.15, 0.2) is 0 Å². The van der Waals surface area contributed by atoms with Crippen molar-refractivity contribution >= 4 is 15.8 Å². The quantitative estimate of drug-likeness (QED) is 0.864. The van der Waals surface area contributed by atoms with Gasteiger partial charge in [-0.1, -0.05) is 19.8 Å². The topological polar surface area (TPSA) is 92.1 Å². The molecule has 18 heavy (non-hydrogen) atoms. The fourth-order valence-electron chi connectivity index (χ4n) is 2.57. The highest BCUT2D eigenvalue weighted by molar-refractivity contribution is 7.89. The summed E-state index contributed by atoms with van der Waals surface area (Å²) in [6, 6.07) is 0.0630. The predicted molar refractivity (Wildman–Crippen MR) is 69.4 cm³/mol. The van der Waals surface area contributed by atoms with Crippen LogP contribution in [0.25, 0.3) is 0 Å². The van der Waals surface area contributed by atoms with Crippen molar-refractivity contribution in [2.45, 2.75) is 43.5 Å². The molecule has 0 saturated heterocycles. The summed E-state index contributed by atoms with van der Waals surface area (Å²) in [5, 5.41) is 6.14. The molecule has 102 valence electrons.